The molecule has 0 aromatic heterocycles. The van der Waals surface area contributed by atoms with E-state index in [1.165, 1.54) is 11.1 Å². The van der Waals surface area contributed by atoms with E-state index in [-0.39, 0.29) is 11.9 Å². The molecule has 0 radical (unpaired) electrons. The second-order valence-electron chi connectivity index (χ2n) is 4.69. The maximum atomic E-state index is 11.3. The summed E-state index contributed by atoms with van der Waals surface area (Å²) in [5.74, 6) is 0.988. The fourth-order valence-electron chi connectivity index (χ4n) is 2.14. The van der Waals surface area contributed by atoms with Gasteiger partial charge in [-0.2, -0.15) is 0 Å². The summed E-state index contributed by atoms with van der Waals surface area (Å²) in [6.07, 6.45) is -0.0760. The Kier molecular flexibility index (Phi) is 3.20. The maximum Gasteiger partial charge on any atom is 0.169 e. The van der Waals surface area contributed by atoms with Crippen LogP contribution in [0.1, 0.15) is 23.1 Å². The van der Waals surface area contributed by atoms with Crippen molar-refractivity contribution in [1.29, 1.82) is 0 Å². The molecule has 1 aliphatic rings. The molecule has 0 aliphatic heterocycles. The van der Waals surface area contributed by atoms with Crippen LogP contribution in [0, 0.1) is 20.8 Å². The average molecular weight is 234 g/mol. The minimum atomic E-state index is -0.393. The molecule has 1 aliphatic carbocycles. The van der Waals surface area contributed by atoms with Gasteiger partial charge < -0.3 is 9.47 Å². The Balaban J connectivity index is 2.17. The molecule has 0 amide bonds. The van der Waals surface area contributed by atoms with Gasteiger partial charge in [0.05, 0.1) is 0 Å². The van der Waals surface area contributed by atoms with E-state index in [4.69, 9.17) is 9.47 Å². The molecule has 1 saturated carbocycles. The predicted octanol–water partition coefficient (Wildman–Crippen LogP) is 2.35. The average Bonchev–Trinajstić information content (AvgIpc) is 2.24. The summed E-state index contributed by atoms with van der Waals surface area (Å²) in [5, 5.41) is 0. The zero-order valence-electron chi connectivity index (χ0n) is 10.7. The third kappa shape index (κ3) is 2.20. The summed E-state index contributed by atoms with van der Waals surface area (Å²) in [5.41, 5.74) is 3.51. The Bertz CT molecular complexity index is 451. The molecule has 2 atom stereocenters. The Hall–Kier alpha value is -1.35. The van der Waals surface area contributed by atoms with Gasteiger partial charge in [-0.1, -0.05) is 6.07 Å². The monoisotopic (exact) mass is 234 g/mol. The summed E-state index contributed by atoms with van der Waals surface area (Å²) >= 11 is 0. The van der Waals surface area contributed by atoms with Crippen molar-refractivity contribution >= 4 is 5.78 Å². The van der Waals surface area contributed by atoms with E-state index in [1.807, 2.05) is 19.9 Å². The molecule has 0 saturated heterocycles. The number of methoxy groups -OCH3 is 1. The van der Waals surface area contributed by atoms with Gasteiger partial charge >= 0.3 is 0 Å². The first-order chi connectivity index (χ1) is 8.02. The third-order valence-corrected chi connectivity index (χ3v) is 3.35. The SMILES string of the molecule is COC1C(=O)CC1Oc1cc(C)cc(C)c1C. The Morgan fingerprint density at radius 1 is 1.24 bits per heavy atom. The lowest BCUT2D eigenvalue weighted by atomic mass is 9.90. The van der Waals surface area contributed by atoms with E-state index in [1.54, 1.807) is 7.11 Å². The molecule has 92 valence electrons. The molecule has 17 heavy (non-hydrogen) atoms. The zero-order valence-corrected chi connectivity index (χ0v) is 10.7. The largest absolute Gasteiger partial charge is 0.486 e. The van der Waals surface area contributed by atoms with Gasteiger partial charge in [0.25, 0.3) is 0 Å². The van der Waals surface area contributed by atoms with Crippen LogP contribution < -0.4 is 4.74 Å². The van der Waals surface area contributed by atoms with Crippen molar-refractivity contribution in [2.24, 2.45) is 0 Å². The highest BCUT2D eigenvalue weighted by atomic mass is 16.5. The molecule has 0 heterocycles. The highest BCUT2D eigenvalue weighted by molar-refractivity contribution is 5.90. The van der Waals surface area contributed by atoms with Crippen LogP contribution in [0.3, 0.4) is 0 Å². The molecule has 1 fully saturated rings. The lowest BCUT2D eigenvalue weighted by Gasteiger charge is -2.34. The molecular formula is C14H18O3. The number of ketones is 1. The Morgan fingerprint density at radius 3 is 2.53 bits per heavy atom. The molecule has 3 nitrogen and oxygen atoms in total. The standard InChI is InChI=1S/C14H18O3/c1-8-5-9(2)10(3)12(6-8)17-13-7-11(15)14(13)16-4/h5-6,13-14H,7H2,1-4H3. The summed E-state index contributed by atoms with van der Waals surface area (Å²) in [7, 11) is 1.55. The van der Waals surface area contributed by atoms with Gasteiger partial charge in [-0.25, -0.2) is 0 Å². The van der Waals surface area contributed by atoms with E-state index >= 15 is 0 Å². The first-order valence-corrected chi connectivity index (χ1v) is 5.83. The van der Waals surface area contributed by atoms with Crippen molar-refractivity contribution in [3.05, 3.63) is 28.8 Å². The van der Waals surface area contributed by atoms with Crippen molar-refractivity contribution in [3.63, 3.8) is 0 Å². The van der Waals surface area contributed by atoms with Crippen LogP contribution in [0.15, 0.2) is 12.1 Å². The third-order valence-electron chi connectivity index (χ3n) is 3.35. The number of carbonyl (C=O) groups excluding carboxylic acids is 1. The normalized spacial score (nSPS) is 23.4. The smallest absolute Gasteiger partial charge is 0.169 e. The van der Waals surface area contributed by atoms with E-state index < -0.39 is 6.10 Å². The van der Waals surface area contributed by atoms with Crippen LogP contribution in [0.2, 0.25) is 0 Å². The van der Waals surface area contributed by atoms with Crippen LogP contribution in [0.4, 0.5) is 0 Å². The number of hydrogen-bond acceptors (Lipinski definition) is 3. The van der Waals surface area contributed by atoms with Crippen LogP contribution in [-0.4, -0.2) is 25.1 Å². The summed E-state index contributed by atoms with van der Waals surface area (Å²) in [4.78, 5) is 11.3. The first kappa shape index (κ1) is 12.1. The van der Waals surface area contributed by atoms with E-state index in [0.29, 0.717) is 6.42 Å². The fourth-order valence-corrected chi connectivity index (χ4v) is 2.14. The minimum absolute atomic E-state index is 0.125. The highest BCUT2D eigenvalue weighted by Gasteiger charge is 2.42. The molecule has 2 rings (SSSR count). The van der Waals surface area contributed by atoms with Gasteiger partial charge in [0.15, 0.2) is 11.9 Å². The molecule has 2 unspecified atom stereocenters. The Morgan fingerprint density at radius 2 is 1.94 bits per heavy atom. The number of aryl methyl sites for hydroxylation is 2. The number of hydrogen-bond donors (Lipinski definition) is 0. The molecule has 0 N–H and O–H groups in total. The number of carbonyl (C=O) groups is 1. The van der Waals surface area contributed by atoms with Crippen molar-refractivity contribution < 1.29 is 14.3 Å². The molecule has 1 aromatic carbocycles. The maximum absolute atomic E-state index is 11.3. The second kappa shape index (κ2) is 4.49. The van der Waals surface area contributed by atoms with Gasteiger partial charge in [0.2, 0.25) is 0 Å². The quantitative estimate of drug-likeness (QED) is 0.805. The topological polar surface area (TPSA) is 35.5 Å². The number of benzene rings is 1. The van der Waals surface area contributed by atoms with Crippen LogP contribution in [-0.2, 0) is 9.53 Å². The lowest BCUT2D eigenvalue weighted by molar-refractivity contribution is -0.151. The number of rotatable bonds is 3. The van der Waals surface area contributed by atoms with Crippen molar-refractivity contribution in [2.75, 3.05) is 7.11 Å². The molecule has 1 aromatic rings. The van der Waals surface area contributed by atoms with E-state index in [2.05, 4.69) is 13.0 Å². The van der Waals surface area contributed by atoms with Crippen LogP contribution in [0.5, 0.6) is 5.75 Å². The van der Waals surface area contributed by atoms with Gasteiger partial charge in [0.1, 0.15) is 11.9 Å². The second-order valence-corrected chi connectivity index (χ2v) is 4.69. The summed E-state index contributed by atoms with van der Waals surface area (Å²) in [6, 6.07) is 4.14. The number of Topliss-reactive ketones (excluding diaryl/α,β-unsaturated/α-hetero) is 1. The van der Waals surface area contributed by atoms with Gasteiger partial charge in [0, 0.05) is 13.5 Å². The van der Waals surface area contributed by atoms with E-state index in [0.717, 1.165) is 11.3 Å². The first-order valence-electron chi connectivity index (χ1n) is 5.83. The zero-order chi connectivity index (χ0) is 12.6. The summed E-state index contributed by atoms with van der Waals surface area (Å²) in [6.45, 7) is 6.14. The molecule has 3 heteroatoms. The van der Waals surface area contributed by atoms with Crippen molar-refractivity contribution in [2.45, 2.75) is 39.4 Å². The predicted molar refractivity (Wildman–Crippen MR) is 65.5 cm³/mol. The molecule has 0 bridgehead atoms. The van der Waals surface area contributed by atoms with Crippen LogP contribution in [0.25, 0.3) is 0 Å². The van der Waals surface area contributed by atoms with Crippen molar-refractivity contribution in [3.8, 4) is 5.75 Å². The summed E-state index contributed by atoms with van der Waals surface area (Å²) < 4.78 is 11.0. The van der Waals surface area contributed by atoms with Gasteiger partial charge in [-0.3, -0.25) is 4.79 Å². The Labute approximate surface area is 102 Å². The number of ether oxygens (including phenoxy) is 2. The van der Waals surface area contributed by atoms with Gasteiger partial charge in [-0.15, -0.1) is 0 Å². The van der Waals surface area contributed by atoms with Gasteiger partial charge in [-0.05, 0) is 43.5 Å². The molecule has 0 spiro atoms. The molecular weight excluding hydrogens is 216 g/mol. The van der Waals surface area contributed by atoms with E-state index in [9.17, 15) is 4.79 Å². The highest BCUT2D eigenvalue weighted by Crippen LogP contribution is 2.29. The van der Waals surface area contributed by atoms with Crippen LogP contribution >= 0.6 is 0 Å². The minimum Gasteiger partial charge on any atom is -0.486 e. The van der Waals surface area contributed by atoms with Crippen molar-refractivity contribution in [1.82, 2.24) is 0 Å². The lowest BCUT2D eigenvalue weighted by Crippen LogP contribution is -2.51. The fraction of sp³-hybridized carbons (Fsp3) is 0.500.